The lowest BCUT2D eigenvalue weighted by molar-refractivity contribution is -0.139. The maximum Gasteiger partial charge on any atom is 0.407 e. The molecule has 1 saturated carbocycles. The fourth-order valence-electron chi connectivity index (χ4n) is 5.88. The van der Waals surface area contributed by atoms with Gasteiger partial charge < -0.3 is 20.1 Å². The van der Waals surface area contributed by atoms with Crippen LogP contribution in [-0.2, 0) is 14.3 Å². The molecule has 1 aliphatic heterocycles. The van der Waals surface area contributed by atoms with Crippen molar-refractivity contribution >= 4 is 18.0 Å². The molecule has 1 heterocycles. The minimum Gasteiger partial charge on any atom is -0.481 e. The van der Waals surface area contributed by atoms with E-state index in [-0.39, 0.29) is 36.2 Å². The molecule has 2 aromatic rings. The molecular weight excluding hydrogens is 444 g/mol. The number of ether oxygens (including phenoxy) is 1. The Morgan fingerprint density at radius 2 is 1.66 bits per heavy atom. The summed E-state index contributed by atoms with van der Waals surface area (Å²) in [5, 5.41) is 12.2. The molecule has 0 bridgehead atoms. The summed E-state index contributed by atoms with van der Waals surface area (Å²) in [6.07, 6.45) is 1.04. The van der Waals surface area contributed by atoms with Gasteiger partial charge in [-0.15, -0.1) is 0 Å². The van der Waals surface area contributed by atoms with Gasteiger partial charge in [-0.25, -0.2) is 4.79 Å². The number of aliphatic carboxylic acids is 1. The van der Waals surface area contributed by atoms with Gasteiger partial charge in [0, 0.05) is 31.0 Å². The van der Waals surface area contributed by atoms with Crippen LogP contribution in [0.5, 0.6) is 0 Å². The Hall–Kier alpha value is -3.35. The van der Waals surface area contributed by atoms with Crippen molar-refractivity contribution in [3.05, 3.63) is 59.7 Å². The molecule has 5 rings (SSSR count). The highest BCUT2D eigenvalue weighted by molar-refractivity contribution is 5.80. The number of rotatable bonds is 7. The van der Waals surface area contributed by atoms with Crippen LogP contribution in [0.4, 0.5) is 4.79 Å². The SMILES string of the molecule is CC(C)(CCC(=O)N1CCC2C(C1)C2C(=O)O)NC(=O)OCC1c2ccccc2-c2ccccc21. The van der Waals surface area contributed by atoms with Crippen molar-refractivity contribution in [2.75, 3.05) is 19.7 Å². The monoisotopic (exact) mass is 476 g/mol. The van der Waals surface area contributed by atoms with Gasteiger partial charge in [0.05, 0.1) is 5.92 Å². The summed E-state index contributed by atoms with van der Waals surface area (Å²) in [4.78, 5) is 38.4. The van der Waals surface area contributed by atoms with Gasteiger partial charge in [0.15, 0.2) is 0 Å². The van der Waals surface area contributed by atoms with Crippen LogP contribution in [0.1, 0.15) is 50.2 Å². The van der Waals surface area contributed by atoms with Crippen LogP contribution in [0.15, 0.2) is 48.5 Å². The highest BCUT2D eigenvalue weighted by Gasteiger charge is 2.57. The number of hydrogen-bond donors (Lipinski definition) is 2. The van der Waals surface area contributed by atoms with Gasteiger partial charge in [0.2, 0.25) is 5.91 Å². The molecule has 3 atom stereocenters. The number of nitrogens with zero attached hydrogens (tertiary/aromatic N) is 1. The predicted octanol–water partition coefficient (Wildman–Crippen LogP) is 4.26. The Balaban J connectivity index is 1.11. The molecule has 2 N–H and O–H groups in total. The van der Waals surface area contributed by atoms with Crippen molar-refractivity contribution < 1.29 is 24.2 Å². The summed E-state index contributed by atoms with van der Waals surface area (Å²) in [5.74, 6) is -0.706. The summed E-state index contributed by atoms with van der Waals surface area (Å²) in [7, 11) is 0. The number of piperidine rings is 1. The van der Waals surface area contributed by atoms with Crippen LogP contribution >= 0.6 is 0 Å². The van der Waals surface area contributed by atoms with E-state index >= 15 is 0 Å². The average molecular weight is 477 g/mol. The lowest BCUT2D eigenvalue weighted by atomic mass is 9.97. The highest BCUT2D eigenvalue weighted by atomic mass is 16.5. The Bertz CT molecular complexity index is 1110. The third-order valence-corrected chi connectivity index (χ3v) is 7.88. The van der Waals surface area contributed by atoms with Crippen LogP contribution in [0, 0.1) is 17.8 Å². The van der Waals surface area contributed by atoms with E-state index in [0.717, 1.165) is 17.5 Å². The van der Waals surface area contributed by atoms with Crippen molar-refractivity contribution in [1.82, 2.24) is 10.2 Å². The van der Waals surface area contributed by atoms with Gasteiger partial charge in [-0.05, 0) is 60.8 Å². The highest BCUT2D eigenvalue weighted by Crippen LogP contribution is 2.51. The van der Waals surface area contributed by atoms with Crippen molar-refractivity contribution in [3.8, 4) is 11.1 Å². The minimum atomic E-state index is -0.747. The second kappa shape index (κ2) is 9.02. The van der Waals surface area contributed by atoms with Crippen LogP contribution in [0.25, 0.3) is 11.1 Å². The molecule has 2 aliphatic carbocycles. The van der Waals surface area contributed by atoms with E-state index in [1.54, 1.807) is 4.90 Å². The number of fused-ring (bicyclic) bond motifs is 4. The van der Waals surface area contributed by atoms with Gasteiger partial charge in [0.1, 0.15) is 6.61 Å². The lowest BCUT2D eigenvalue weighted by Crippen LogP contribution is -2.45. The van der Waals surface area contributed by atoms with E-state index in [4.69, 9.17) is 4.74 Å². The first-order chi connectivity index (χ1) is 16.7. The third-order valence-electron chi connectivity index (χ3n) is 7.88. The number of alkyl carbamates (subject to hydrolysis) is 1. The first-order valence-electron chi connectivity index (χ1n) is 12.4. The number of carboxylic acid groups (broad SMARTS) is 1. The number of carbonyl (C=O) groups is 3. The molecule has 3 aliphatic rings. The fraction of sp³-hybridized carbons (Fsp3) is 0.464. The number of carbonyl (C=O) groups excluding carboxylic acids is 2. The van der Waals surface area contributed by atoms with E-state index < -0.39 is 17.6 Å². The quantitative estimate of drug-likeness (QED) is 0.622. The van der Waals surface area contributed by atoms with Crippen LogP contribution < -0.4 is 5.32 Å². The first-order valence-corrected chi connectivity index (χ1v) is 12.4. The molecule has 184 valence electrons. The second-order valence-electron chi connectivity index (χ2n) is 10.7. The summed E-state index contributed by atoms with van der Waals surface area (Å²) >= 11 is 0. The van der Waals surface area contributed by atoms with Gasteiger partial charge in [-0.3, -0.25) is 9.59 Å². The third kappa shape index (κ3) is 4.64. The first kappa shape index (κ1) is 23.4. The van der Waals surface area contributed by atoms with Gasteiger partial charge >= 0.3 is 12.1 Å². The molecular formula is C28H32N2O5. The molecule has 3 unspecified atom stereocenters. The normalized spacial score (nSPS) is 22.6. The molecule has 7 nitrogen and oxygen atoms in total. The van der Waals surface area contributed by atoms with Gasteiger partial charge in [-0.2, -0.15) is 0 Å². The van der Waals surface area contributed by atoms with E-state index in [2.05, 4.69) is 29.6 Å². The predicted molar refractivity (Wildman–Crippen MR) is 131 cm³/mol. The zero-order chi connectivity index (χ0) is 24.7. The maximum atomic E-state index is 12.7. The summed E-state index contributed by atoms with van der Waals surface area (Å²) in [6, 6.07) is 16.4. The maximum absolute atomic E-state index is 12.7. The smallest absolute Gasteiger partial charge is 0.407 e. The molecule has 7 heteroatoms. The molecule has 0 aromatic heterocycles. The number of nitrogens with one attached hydrogen (secondary N) is 1. The Morgan fingerprint density at radius 3 is 2.29 bits per heavy atom. The second-order valence-corrected chi connectivity index (χ2v) is 10.7. The van der Waals surface area contributed by atoms with Crippen molar-refractivity contribution in [3.63, 3.8) is 0 Å². The Morgan fingerprint density at radius 1 is 1.03 bits per heavy atom. The van der Waals surface area contributed by atoms with E-state index in [1.165, 1.54) is 11.1 Å². The van der Waals surface area contributed by atoms with Crippen molar-refractivity contribution in [1.29, 1.82) is 0 Å². The lowest BCUT2D eigenvalue weighted by Gasteiger charge is -2.29. The van der Waals surface area contributed by atoms with Crippen LogP contribution in [0.3, 0.4) is 0 Å². The topological polar surface area (TPSA) is 95.9 Å². The zero-order valence-electron chi connectivity index (χ0n) is 20.2. The Labute approximate surface area is 205 Å². The molecule has 35 heavy (non-hydrogen) atoms. The number of carboxylic acids is 1. The largest absolute Gasteiger partial charge is 0.481 e. The number of benzene rings is 2. The van der Waals surface area contributed by atoms with Crippen LogP contribution in [0.2, 0.25) is 0 Å². The average Bonchev–Trinajstić information content (AvgIpc) is 3.48. The number of hydrogen-bond acceptors (Lipinski definition) is 4. The van der Waals surface area contributed by atoms with Crippen LogP contribution in [-0.4, -0.2) is 53.2 Å². The molecule has 0 spiro atoms. The number of likely N-dealkylation sites (tertiary alicyclic amines) is 1. The molecule has 1 saturated heterocycles. The Kier molecular flexibility index (Phi) is 6.03. The van der Waals surface area contributed by atoms with E-state index in [9.17, 15) is 19.5 Å². The molecule has 0 radical (unpaired) electrons. The fourth-order valence-corrected chi connectivity index (χ4v) is 5.88. The van der Waals surface area contributed by atoms with E-state index in [1.807, 2.05) is 38.1 Å². The van der Waals surface area contributed by atoms with E-state index in [0.29, 0.717) is 25.9 Å². The van der Waals surface area contributed by atoms with Crippen molar-refractivity contribution in [2.24, 2.45) is 17.8 Å². The minimum absolute atomic E-state index is 0.00202. The molecule has 2 amide bonds. The molecule has 2 aromatic carbocycles. The standard InChI is InChI=1S/C28H32N2O5/c1-28(2,13-11-24(31)30-14-12-21-22(15-30)25(21)26(32)33)29-27(34)35-16-23-19-9-5-3-7-17(19)18-8-4-6-10-20(18)23/h3-10,21-23,25H,11-16H2,1-2H3,(H,29,34)(H,32,33). The summed E-state index contributed by atoms with van der Waals surface area (Å²) < 4.78 is 5.65. The summed E-state index contributed by atoms with van der Waals surface area (Å²) in [6.45, 7) is 5.16. The molecule has 2 fully saturated rings. The van der Waals surface area contributed by atoms with Gasteiger partial charge in [-0.1, -0.05) is 48.5 Å². The van der Waals surface area contributed by atoms with Crippen molar-refractivity contribution in [2.45, 2.75) is 44.6 Å². The summed E-state index contributed by atoms with van der Waals surface area (Å²) in [5.41, 5.74) is 4.08. The zero-order valence-corrected chi connectivity index (χ0v) is 20.2. The number of amides is 2. The van der Waals surface area contributed by atoms with Gasteiger partial charge in [0.25, 0.3) is 0 Å².